The lowest BCUT2D eigenvalue weighted by Gasteiger charge is -2.43. The summed E-state index contributed by atoms with van der Waals surface area (Å²) < 4.78 is 5.59. The van der Waals surface area contributed by atoms with E-state index < -0.39 is 11.6 Å². The zero-order valence-corrected chi connectivity index (χ0v) is 20.6. The maximum absolute atomic E-state index is 13.3. The Morgan fingerprint density at radius 3 is 2.65 bits per heavy atom. The van der Waals surface area contributed by atoms with Crippen LogP contribution in [0.2, 0.25) is 0 Å². The number of hydrogen-bond donors (Lipinski definition) is 1. The first-order valence-electron chi connectivity index (χ1n) is 12.5. The van der Waals surface area contributed by atoms with Gasteiger partial charge in [0.25, 0.3) is 5.91 Å². The van der Waals surface area contributed by atoms with E-state index in [1.54, 1.807) is 4.90 Å². The van der Waals surface area contributed by atoms with Crippen LogP contribution in [-0.2, 0) is 22.6 Å². The Kier molecular flexibility index (Phi) is 5.82. The van der Waals surface area contributed by atoms with Crippen LogP contribution in [0.1, 0.15) is 51.2 Å². The molecular weight excluding hydrogens is 432 g/mol. The van der Waals surface area contributed by atoms with Crippen LogP contribution in [0.5, 0.6) is 5.75 Å². The van der Waals surface area contributed by atoms with Crippen molar-refractivity contribution in [3.05, 3.63) is 29.3 Å². The second-order valence-electron chi connectivity index (χ2n) is 11.5. The molecule has 1 aromatic carbocycles. The van der Waals surface area contributed by atoms with Crippen LogP contribution < -0.4 is 10.1 Å². The van der Waals surface area contributed by atoms with E-state index in [4.69, 9.17) is 4.74 Å². The Balaban J connectivity index is 1.16. The fourth-order valence-corrected chi connectivity index (χ4v) is 6.64. The Hall–Kier alpha value is -2.61. The van der Waals surface area contributed by atoms with Gasteiger partial charge in [-0.3, -0.25) is 19.4 Å². The molecule has 8 heteroatoms. The third kappa shape index (κ3) is 4.40. The number of piperazine rings is 1. The molecule has 4 aliphatic rings. The predicted molar refractivity (Wildman–Crippen MR) is 127 cm³/mol. The van der Waals surface area contributed by atoms with E-state index in [0.717, 1.165) is 49.7 Å². The molecular formula is C26H36N4O4. The minimum atomic E-state index is -0.863. The molecule has 0 unspecified atom stereocenters. The van der Waals surface area contributed by atoms with Gasteiger partial charge in [0.05, 0.1) is 6.61 Å². The molecule has 1 aromatic rings. The highest BCUT2D eigenvalue weighted by Crippen LogP contribution is 2.46. The lowest BCUT2D eigenvalue weighted by molar-refractivity contribution is -0.141. The van der Waals surface area contributed by atoms with Crippen molar-refractivity contribution in [3.8, 4) is 5.75 Å². The van der Waals surface area contributed by atoms with Crippen LogP contribution >= 0.6 is 0 Å². The van der Waals surface area contributed by atoms with Crippen LogP contribution in [0.25, 0.3) is 0 Å². The van der Waals surface area contributed by atoms with Gasteiger partial charge < -0.3 is 15.0 Å². The number of carbonyl (C=O) groups excluding carboxylic acids is 3. The number of carbonyl (C=O) groups is 3. The van der Waals surface area contributed by atoms with Crippen molar-refractivity contribution < 1.29 is 19.1 Å². The van der Waals surface area contributed by atoms with Gasteiger partial charge in [-0.2, -0.15) is 0 Å². The van der Waals surface area contributed by atoms with Gasteiger partial charge in [0.1, 0.15) is 17.8 Å². The quantitative estimate of drug-likeness (QED) is 0.687. The zero-order valence-electron chi connectivity index (χ0n) is 20.6. The molecule has 1 N–H and O–H groups in total. The van der Waals surface area contributed by atoms with Crippen LogP contribution in [0, 0.1) is 11.3 Å². The van der Waals surface area contributed by atoms with Crippen molar-refractivity contribution in [2.75, 3.05) is 39.3 Å². The normalized spacial score (nSPS) is 28.7. The zero-order chi connectivity index (χ0) is 24.1. The minimum absolute atomic E-state index is 0.0250. The van der Waals surface area contributed by atoms with E-state index in [9.17, 15) is 14.4 Å². The number of nitrogens with one attached hydrogen (secondary N) is 1. The van der Waals surface area contributed by atoms with Gasteiger partial charge in [-0.15, -0.1) is 0 Å². The highest BCUT2D eigenvalue weighted by atomic mass is 16.5. The number of imide groups is 1. The number of benzene rings is 1. The summed E-state index contributed by atoms with van der Waals surface area (Å²) >= 11 is 0. The monoisotopic (exact) mass is 468 g/mol. The van der Waals surface area contributed by atoms with Crippen LogP contribution in [-0.4, -0.2) is 77.4 Å². The van der Waals surface area contributed by atoms with Crippen molar-refractivity contribution in [3.63, 3.8) is 0 Å². The summed E-state index contributed by atoms with van der Waals surface area (Å²) in [6, 6.07) is 5.96. The topological polar surface area (TPSA) is 82.2 Å². The molecule has 4 amide bonds. The fraction of sp³-hybridized carbons (Fsp3) is 0.654. The standard InChI is InChI=1S/C26H36N4O4/c1-18-13-25(2,3)17-26(14-18)23(32)30(24(33)27-26)16-22(31)29-9-7-28(8-10-29)15-19-4-5-21-20(12-19)6-11-34-21/h4-5,12,18H,6-11,13-17H2,1-3H3,(H,27,33)/t18-,26-/m1/s1. The summed E-state index contributed by atoms with van der Waals surface area (Å²) in [7, 11) is 0. The van der Waals surface area contributed by atoms with Gasteiger partial charge in [0, 0.05) is 39.1 Å². The second kappa shape index (κ2) is 8.56. The van der Waals surface area contributed by atoms with Crippen molar-refractivity contribution in [1.29, 1.82) is 0 Å². The molecule has 5 rings (SSSR count). The Bertz CT molecular complexity index is 1000. The highest BCUT2D eigenvalue weighted by molar-refractivity contribution is 6.09. The number of urea groups is 1. The molecule has 1 spiro atoms. The molecule has 0 aromatic heterocycles. The molecule has 0 bridgehead atoms. The van der Waals surface area contributed by atoms with Crippen LogP contribution in [0.15, 0.2) is 18.2 Å². The molecule has 8 nitrogen and oxygen atoms in total. The predicted octanol–water partition coefficient (Wildman–Crippen LogP) is 2.40. The second-order valence-corrected chi connectivity index (χ2v) is 11.5. The summed E-state index contributed by atoms with van der Waals surface area (Å²) in [6.45, 7) is 10.6. The highest BCUT2D eigenvalue weighted by Gasteiger charge is 2.56. The first kappa shape index (κ1) is 23.1. The maximum atomic E-state index is 13.3. The third-order valence-electron chi connectivity index (χ3n) is 7.80. The summed E-state index contributed by atoms with van der Waals surface area (Å²) in [5, 5.41) is 2.97. The molecule has 3 aliphatic heterocycles. The minimum Gasteiger partial charge on any atom is -0.493 e. The molecule has 184 valence electrons. The van der Waals surface area contributed by atoms with Crippen molar-refractivity contribution in [2.24, 2.45) is 11.3 Å². The Labute approximate surface area is 201 Å². The van der Waals surface area contributed by atoms with Gasteiger partial charge in [-0.1, -0.05) is 32.9 Å². The van der Waals surface area contributed by atoms with Gasteiger partial charge in [0.2, 0.25) is 5.91 Å². The molecule has 0 radical (unpaired) electrons. The van der Waals surface area contributed by atoms with E-state index in [1.165, 1.54) is 11.1 Å². The Morgan fingerprint density at radius 2 is 1.91 bits per heavy atom. The van der Waals surface area contributed by atoms with E-state index in [2.05, 4.69) is 49.2 Å². The number of ether oxygens (including phenoxy) is 1. The first-order valence-corrected chi connectivity index (χ1v) is 12.5. The fourth-order valence-electron chi connectivity index (χ4n) is 6.64. The van der Waals surface area contributed by atoms with Crippen molar-refractivity contribution >= 4 is 17.8 Å². The Morgan fingerprint density at radius 1 is 1.15 bits per heavy atom. The van der Waals surface area contributed by atoms with Crippen LogP contribution in [0.3, 0.4) is 0 Å². The summed E-state index contributed by atoms with van der Waals surface area (Å²) in [6.07, 6.45) is 3.25. The largest absolute Gasteiger partial charge is 0.493 e. The molecule has 2 saturated heterocycles. The number of fused-ring (bicyclic) bond motifs is 1. The molecule has 3 heterocycles. The number of nitrogens with zero attached hydrogens (tertiary/aromatic N) is 3. The molecule has 1 saturated carbocycles. The smallest absolute Gasteiger partial charge is 0.325 e. The molecule has 2 atom stereocenters. The van der Waals surface area contributed by atoms with E-state index in [1.807, 2.05) is 0 Å². The third-order valence-corrected chi connectivity index (χ3v) is 7.80. The summed E-state index contributed by atoms with van der Waals surface area (Å²) in [5.41, 5.74) is 1.65. The van der Waals surface area contributed by atoms with E-state index in [-0.39, 0.29) is 23.8 Å². The first-order chi connectivity index (χ1) is 16.1. The average molecular weight is 469 g/mol. The lowest BCUT2D eigenvalue weighted by Crippen LogP contribution is -2.55. The number of hydrogen-bond acceptors (Lipinski definition) is 5. The van der Waals surface area contributed by atoms with E-state index in [0.29, 0.717) is 31.8 Å². The molecule has 3 fully saturated rings. The number of amides is 4. The number of rotatable bonds is 4. The average Bonchev–Trinajstić information content (AvgIpc) is 3.31. The van der Waals surface area contributed by atoms with Gasteiger partial charge in [-0.25, -0.2) is 4.79 Å². The van der Waals surface area contributed by atoms with Gasteiger partial charge in [-0.05, 0) is 47.8 Å². The summed E-state index contributed by atoms with van der Waals surface area (Å²) in [4.78, 5) is 44.4. The van der Waals surface area contributed by atoms with Crippen molar-refractivity contribution in [2.45, 2.75) is 58.5 Å². The van der Waals surface area contributed by atoms with Gasteiger partial charge >= 0.3 is 6.03 Å². The molecule has 34 heavy (non-hydrogen) atoms. The SMILES string of the molecule is C[C@@H]1CC(C)(C)C[C@@]2(C1)NC(=O)N(CC(=O)N1CCN(Cc3ccc4c(c3)CCO4)CC1)C2=O. The van der Waals surface area contributed by atoms with E-state index >= 15 is 0 Å². The van der Waals surface area contributed by atoms with Crippen LogP contribution in [0.4, 0.5) is 4.79 Å². The molecule has 1 aliphatic carbocycles. The van der Waals surface area contributed by atoms with Crippen molar-refractivity contribution in [1.82, 2.24) is 20.0 Å². The maximum Gasteiger partial charge on any atom is 0.325 e. The lowest BCUT2D eigenvalue weighted by atomic mass is 9.64. The van der Waals surface area contributed by atoms with Gasteiger partial charge in [0.15, 0.2) is 0 Å². The summed E-state index contributed by atoms with van der Waals surface area (Å²) in [5.74, 6) is 0.949.